The number of carbonyl (C=O) groups excluding carboxylic acids is 1. The monoisotopic (exact) mass is 419 g/mol. The maximum absolute atomic E-state index is 13.4. The standard InChI is InChI=1S/C20H19F2N3O3S/c21-17-6-4-14(5-7-17)9-23-20(26)24-10-15-12-25(13-16(15)11-24)29(27,28)19-3-1-2-18(22)8-19/h1-8H,9-13H2,(H,23,26). The summed E-state index contributed by atoms with van der Waals surface area (Å²) in [5.74, 6) is -0.937. The third-order valence-corrected chi connectivity index (χ3v) is 6.86. The SMILES string of the molecule is O=C(NCc1ccc(F)cc1)N1CC2=C(C1)CN(S(=O)(=O)c1cccc(F)c1)C2. The molecule has 2 heterocycles. The van der Waals surface area contributed by atoms with Crippen molar-refractivity contribution in [3.63, 3.8) is 0 Å². The first kappa shape index (κ1) is 19.5. The maximum Gasteiger partial charge on any atom is 0.318 e. The van der Waals surface area contributed by atoms with Crippen molar-refractivity contribution >= 4 is 16.1 Å². The number of nitrogens with zero attached hydrogens (tertiary/aromatic N) is 2. The lowest BCUT2D eigenvalue weighted by molar-refractivity contribution is 0.208. The molecule has 4 rings (SSSR count). The number of hydrogen-bond donors (Lipinski definition) is 1. The first-order chi connectivity index (χ1) is 13.8. The summed E-state index contributed by atoms with van der Waals surface area (Å²) in [4.78, 5) is 13.9. The Bertz CT molecular complexity index is 1070. The van der Waals surface area contributed by atoms with E-state index >= 15 is 0 Å². The van der Waals surface area contributed by atoms with Gasteiger partial charge in [-0.1, -0.05) is 18.2 Å². The lowest BCUT2D eigenvalue weighted by Gasteiger charge is -2.23. The molecule has 0 atom stereocenters. The van der Waals surface area contributed by atoms with Gasteiger partial charge in [-0.2, -0.15) is 4.31 Å². The Kier molecular flexibility index (Phi) is 5.10. The third-order valence-electron chi connectivity index (χ3n) is 5.08. The summed E-state index contributed by atoms with van der Waals surface area (Å²) in [6.45, 7) is 1.35. The zero-order valence-electron chi connectivity index (χ0n) is 15.4. The normalized spacial score (nSPS) is 17.0. The molecule has 1 N–H and O–H groups in total. The lowest BCUT2D eigenvalue weighted by Crippen LogP contribution is -2.41. The van der Waals surface area contributed by atoms with Gasteiger partial charge in [-0.3, -0.25) is 0 Å². The topological polar surface area (TPSA) is 69.7 Å². The Balaban J connectivity index is 1.34. The number of halogens is 2. The Labute approximate surface area is 167 Å². The van der Waals surface area contributed by atoms with Crippen molar-refractivity contribution in [1.29, 1.82) is 0 Å². The molecule has 2 aromatic carbocycles. The van der Waals surface area contributed by atoms with E-state index in [1.165, 1.54) is 34.6 Å². The van der Waals surface area contributed by atoms with Crippen LogP contribution in [0.4, 0.5) is 13.6 Å². The number of nitrogens with one attached hydrogen (secondary N) is 1. The van der Waals surface area contributed by atoms with E-state index in [-0.39, 0.29) is 36.4 Å². The van der Waals surface area contributed by atoms with Crippen molar-refractivity contribution in [2.24, 2.45) is 0 Å². The van der Waals surface area contributed by atoms with Crippen LogP contribution in [0.15, 0.2) is 64.6 Å². The molecule has 0 aliphatic carbocycles. The molecule has 0 saturated carbocycles. The predicted octanol–water partition coefficient (Wildman–Crippen LogP) is 2.49. The minimum atomic E-state index is -3.79. The van der Waals surface area contributed by atoms with E-state index in [0.717, 1.165) is 22.8 Å². The van der Waals surface area contributed by atoms with E-state index < -0.39 is 15.8 Å². The van der Waals surface area contributed by atoms with Crippen molar-refractivity contribution < 1.29 is 22.0 Å². The van der Waals surface area contributed by atoms with Gasteiger partial charge in [0.15, 0.2) is 0 Å². The molecule has 0 spiro atoms. The Morgan fingerprint density at radius 1 is 0.931 bits per heavy atom. The highest BCUT2D eigenvalue weighted by molar-refractivity contribution is 7.89. The van der Waals surface area contributed by atoms with Crippen LogP contribution < -0.4 is 5.32 Å². The zero-order chi connectivity index (χ0) is 20.6. The van der Waals surface area contributed by atoms with E-state index in [2.05, 4.69) is 5.32 Å². The largest absolute Gasteiger partial charge is 0.334 e. The zero-order valence-corrected chi connectivity index (χ0v) is 16.3. The van der Waals surface area contributed by atoms with Crippen LogP contribution in [-0.2, 0) is 16.6 Å². The highest BCUT2D eigenvalue weighted by Crippen LogP contribution is 2.30. The second-order valence-corrected chi connectivity index (χ2v) is 9.02. The summed E-state index contributed by atoms with van der Waals surface area (Å²) in [5, 5.41) is 2.79. The van der Waals surface area contributed by atoms with E-state index in [1.54, 1.807) is 17.0 Å². The molecule has 2 aromatic rings. The fraction of sp³-hybridized carbons (Fsp3) is 0.250. The number of carbonyl (C=O) groups is 1. The molecule has 9 heteroatoms. The molecule has 152 valence electrons. The van der Waals surface area contributed by atoms with Gasteiger partial charge in [-0.05, 0) is 47.0 Å². The van der Waals surface area contributed by atoms with Crippen molar-refractivity contribution in [3.8, 4) is 0 Å². The highest BCUT2D eigenvalue weighted by Gasteiger charge is 2.37. The van der Waals surface area contributed by atoms with Gasteiger partial charge < -0.3 is 10.2 Å². The van der Waals surface area contributed by atoms with Crippen molar-refractivity contribution in [3.05, 3.63) is 76.9 Å². The quantitative estimate of drug-likeness (QED) is 0.775. The number of benzene rings is 2. The van der Waals surface area contributed by atoms with Crippen LogP contribution in [-0.4, -0.2) is 49.8 Å². The lowest BCUT2D eigenvalue weighted by atomic mass is 10.2. The molecule has 2 amide bonds. The summed E-state index contributed by atoms with van der Waals surface area (Å²) in [6.07, 6.45) is 0. The average molecular weight is 419 g/mol. The number of urea groups is 1. The van der Waals surface area contributed by atoms with Crippen LogP contribution in [0.5, 0.6) is 0 Å². The molecule has 0 fully saturated rings. The second-order valence-electron chi connectivity index (χ2n) is 7.08. The fourth-order valence-electron chi connectivity index (χ4n) is 3.53. The summed E-state index contributed by atoms with van der Waals surface area (Å²) >= 11 is 0. The van der Waals surface area contributed by atoms with Gasteiger partial charge in [0, 0.05) is 32.7 Å². The minimum Gasteiger partial charge on any atom is -0.334 e. The average Bonchev–Trinajstić information content (AvgIpc) is 3.27. The third kappa shape index (κ3) is 4.01. The van der Waals surface area contributed by atoms with Gasteiger partial charge in [-0.25, -0.2) is 22.0 Å². The molecule has 0 unspecified atom stereocenters. The number of hydrogen-bond acceptors (Lipinski definition) is 3. The molecule has 0 aromatic heterocycles. The van der Waals surface area contributed by atoms with Gasteiger partial charge >= 0.3 is 6.03 Å². The van der Waals surface area contributed by atoms with Crippen molar-refractivity contribution in [2.75, 3.05) is 26.2 Å². The summed E-state index contributed by atoms with van der Waals surface area (Å²) < 4.78 is 53.1. The van der Waals surface area contributed by atoms with Gasteiger partial charge in [0.1, 0.15) is 11.6 Å². The summed E-state index contributed by atoms with van der Waals surface area (Å²) in [7, 11) is -3.79. The second kappa shape index (κ2) is 7.57. The van der Waals surface area contributed by atoms with E-state index in [0.29, 0.717) is 13.1 Å². The van der Waals surface area contributed by atoms with Crippen LogP contribution >= 0.6 is 0 Å². The van der Waals surface area contributed by atoms with Crippen LogP contribution in [0, 0.1) is 11.6 Å². The number of amides is 2. The van der Waals surface area contributed by atoms with Gasteiger partial charge in [0.2, 0.25) is 10.0 Å². The number of sulfonamides is 1. The van der Waals surface area contributed by atoms with Crippen molar-refractivity contribution in [2.45, 2.75) is 11.4 Å². The van der Waals surface area contributed by atoms with Crippen LogP contribution in [0.2, 0.25) is 0 Å². The Hall–Kier alpha value is -2.78. The maximum atomic E-state index is 13.4. The van der Waals surface area contributed by atoms with Gasteiger partial charge in [-0.15, -0.1) is 0 Å². The summed E-state index contributed by atoms with van der Waals surface area (Å²) in [6, 6.07) is 10.6. The predicted molar refractivity (Wildman–Crippen MR) is 102 cm³/mol. The van der Waals surface area contributed by atoms with Crippen molar-refractivity contribution in [1.82, 2.24) is 14.5 Å². The van der Waals surface area contributed by atoms with Crippen LogP contribution in [0.3, 0.4) is 0 Å². The van der Waals surface area contributed by atoms with E-state index in [9.17, 15) is 22.0 Å². The molecule has 2 aliphatic heterocycles. The Morgan fingerprint density at radius 2 is 1.59 bits per heavy atom. The summed E-state index contributed by atoms with van der Waals surface area (Å²) in [5.41, 5.74) is 2.57. The molecule has 0 saturated heterocycles. The molecule has 2 aliphatic rings. The smallest absolute Gasteiger partial charge is 0.318 e. The first-order valence-electron chi connectivity index (χ1n) is 9.05. The molecule has 0 radical (unpaired) electrons. The minimum absolute atomic E-state index is 0.0763. The van der Waals surface area contributed by atoms with Crippen LogP contribution in [0.1, 0.15) is 5.56 Å². The van der Waals surface area contributed by atoms with Crippen LogP contribution in [0.25, 0.3) is 0 Å². The van der Waals surface area contributed by atoms with Gasteiger partial charge in [0.05, 0.1) is 4.90 Å². The molecular weight excluding hydrogens is 400 g/mol. The molecular formula is C20H19F2N3O3S. The number of rotatable bonds is 4. The molecule has 0 bridgehead atoms. The van der Waals surface area contributed by atoms with E-state index in [1.807, 2.05) is 0 Å². The molecule has 29 heavy (non-hydrogen) atoms. The Morgan fingerprint density at radius 3 is 2.21 bits per heavy atom. The first-order valence-corrected chi connectivity index (χ1v) is 10.5. The highest BCUT2D eigenvalue weighted by atomic mass is 32.2. The fourth-order valence-corrected chi connectivity index (χ4v) is 4.99. The van der Waals surface area contributed by atoms with E-state index in [4.69, 9.17) is 0 Å². The van der Waals surface area contributed by atoms with Gasteiger partial charge in [0.25, 0.3) is 0 Å². The molecule has 6 nitrogen and oxygen atoms in total.